The first kappa shape index (κ1) is 18.4. The Kier molecular flexibility index (Phi) is 4.77. The summed E-state index contributed by atoms with van der Waals surface area (Å²) in [6.45, 7) is 5.63. The predicted molar refractivity (Wildman–Crippen MR) is 107 cm³/mol. The number of amides is 1. The lowest BCUT2D eigenvalue weighted by atomic mass is 10.1. The van der Waals surface area contributed by atoms with Crippen molar-refractivity contribution in [1.82, 2.24) is 5.32 Å². The molecule has 2 aromatic rings. The van der Waals surface area contributed by atoms with Crippen LogP contribution in [0.25, 0.3) is 5.57 Å². The zero-order valence-corrected chi connectivity index (χ0v) is 15.7. The molecule has 1 saturated heterocycles. The van der Waals surface area contributed by atoms with Crippen LogP contribution in [0, 0.1) is 11.6 Å². The van der Waals surface area contributed by atoms with Crippen LogP contribution in [0.1, 0.15) is 19.4 Å². The van der Waals surface area contributed by atoms with E-state index in [1.54, 1.807) is 12.1 Å². The average molecular weight is 384 g/mol. The average Bonchev–Trinajstić information content (AvgIpc) is 2.93. The van der Waals surface area contributed by atoms with Crippen LogP contribution in [-0.2, 0) is 4.79 Å². The van der Waals surface area contributed by atoms with Gasteiger partial charge in [0.05, 0.1) is 11.3 Å². The standard InChI is InChI=1S/C21H22F2N4O/c1-12-10-27(11-13(2)25-12)20-6-4-15(8-18(20)23)24-9-17-16-7-14(22)3-5-19(16)26-21(17)28/h3-9,12-13,24-25H,10-11H2,1-2H3,(H,26,28). The highest BCUT2D eigenvalue weighted by Gasteiger charge is 2.25. The summed E-state index contributed by atoms with van der Waals surface area (Å²) >= 11 is 0. The molecule has 3 N–H and O–H groups in total. The van der Waals surface area contributed by atoms with Gasteiger partial charge in [0.15, 0.2) is 0 Å². The molecule has 5 nitrogen and oxygen atoms in total. The van der Waals surface area contributed by atoms with Crippen molar-refractivity contribution in [2.75, 3.05) is 28.6 Å². The molecule has 0 bridgehead atoms. The largest absolute Gasteiger partial charge is 0.366 e. The predicted octanol–water partition coefficient (Wildman–Crippen LogP) is 3.56. The van der Waals surface area contributed by atoms with E-state index in [0.29, 0.717) is 28.2 Å². The Morgan fingerprint density at radius 3 is 2.57 bits per heavy atom. The number of halogens is 2. The van der Waals surface area contributed by atoms with Crippen molar-refractivity contribution in [3.8, 4) is 0 Å². The number of anilines is 3. The van der Waals surface area contributed by atoms with Crippen LogP contribution in [0.3, 0.4) is 0 Å². The maximum absolute atomic E-state index is 14.7. The van der Waals surface area contributed by atoms with Crippen LogP contribution in [0.15, 0.2) is 42.6 Å². The summed E-state index contributed by atoms with van der Waals surface area (Å²) in [6, 6.07) is 9.60. The van der Waals surface area contributed by atoms with Crippen LogP contribution >= 0.6 is 0 Å². The zero-order chi connectivity index (χ0) is 19.8. The van der Waals surface area contributed by atoms with Gasteiger partial charge in [0.1, 0.15) is 11.6 Å². The van der Waals surface area contributed by atoms with Gasteiger partial charge in [-0.1, -0.05) is 0 Å². The van der Waals surface area contributed by atoms with Crippen LogP contribution in [0.4, 0.5) is 25.8 Å². The molecule has 0 radical (unpaired) electrons. The SMILES string of the molecule is CC1CN(c2ccc(NC=C3C(=O)Nc4ccc(F)cc43)cc2F)CC(C)N1. The Hall–Kier alpha value is -2.93. The van der Waals surface area contributed by atoms with E-state index in [1.807, 2.05) is 4.90 Å². The van der Waals surface area contributed by atoms with Gasteiger partial charge in [0, 0.05) is 48.3 Å². The van der Waals surface area contributed by atoms with E-state index in [0.717, 1.165) is 13.1 Å². The van der Waals surface area contributed by atoms with E-state index in [4.69, 9.17) is 0 Å². The highest BCUT2D eigenvalue weighted by Crippen LogP contribution is 2.32. The summed E-state index contributed by atoms with van der Waals surface area (Å²) in [4.78, 5) is 14.2. The normalized spacial score (nSPS) is 22.9. The number of fused-ring (bicyclic) bond motifs is 1. The van der Waals surface area contributed by atoms with Crippen LogP contribution in [0.5, 0.6) is 0 Å². The number of hydrogen-bond acceptors (Lipinski definition) is 4. The van der Waals surface area contributed by atoms with Gasteiger partial charge >= 0.3 is 0 Å². The molecule has 0 aliphatic carbocycles. The molecule has 2 heterocycles. The van der Waals surface area contributed by atoms with E-state index in [9.17, 15) is 13.6 Å². The van der Waals surface area contributed by atoms with Gasteiger partial charge in [-0.25, -0.2) is 8.78 Å². The first-order valence-corrected chi connectivity index (χ1v) is 9.29. The maximum Gasteiger partial charge on any atom is 0.257 e. The fraction of sp³-hybridized carbons (Fsp3) is 0.286. The molecule has 2 aromatic carbocycles. The lowest BCUT2D eigenvalue weighted by molar-refractivity contribution is -0.110. The number of benzene rings is 2. The van der Waals surface area contributed by atoms with Gasteiger partial charge in [-0.15, -0.1) is 0 Å². The Morgan fingerprint density at radius 1 is 1.11 bits per heavy atom. The first-order valence-electron chi connectivity index (χ1n) is 9.29. The topological polar surface area (TPSA) is 56.4 Å². The Bertz CT molecular complexity index is 949. The van der Waals surface area contributed by atoms with Crippen LogP contribution in [0.2, 0.25) is 0 Å². The Morgan fingerprint density at radius 2 is 1.86 bits per heavy atom. The molecule has 7 heteroatoms. The number of nitrogens with one attached hydrogen (secondary N) is 3. The summed E-state index contributed by atoms with van der Waals surface area (Å²) in [5.41, 5.74) is 2.43. The number of carbonyl (C=O) groups is 1. The number of nitrogens with zero attached hydrogens (tertiary/aromatic N) is 1. The lowest BCUT2D eigenvalue weighted by Crippen LogP contribution is -2.54. The zero-order valence-electron chi connectivity index (χ0n) is 15.7. The minimum absolute atomic E-state index is 0.284. The summed E-state index contributed by atoms with van der Waals surface area (Å²) in [7, 11) is 0. The second kappa shape index (κ2) is 7.24. The van der Waals surface area contributed by atoms with E-state index >= 15 is 0 Å². The lowest BCUT2D eigenvalue weighted by Gasteiger charge is -2.37. The number of hydrogen-bond donors (Lipinski definition) is 3. The van der Waals surface area contributed by atoms with Crippen LogP contribution < -0.4 is 20.9 Å². The molecule has 2 aliphatic rings. The first-order chi connectivity index (χ1) is 13.4. The molecule has 28 heavy (non-hydrogen) atoms. The fourth-order valence-corrected chi connectivity index (χ4v) is 3.84. The van der Waals surface area contributed by atoms with Gasteiger partial charge in [-0.2, -0.15) is 0 Å². The van der Waals surface area contributed by atoms with Gasteiger partial charge in [-0.05, 0) is 50.2 Å². The third kappa shape index (κ3) is 3.57. The van der Waals surface area contributed by atoms with Crippen molar-refractivity contribution in [1.29, 1.82) is 0 Å². The second-order valence-electron chi connectivity index (χ2n) is 7.39. The minimum Gasteiger partial charge on any atom is -0.366 e. The highest BCUT2D eigenvalue weighted by molar-refractivity contribution is 6.31. The molecule has 146 valence electrons. The van der Waals surface area contributed by atoms with Crippen LogP contribution in [-0.4, -0.2) is 31.1 Å². The van der Waals surface area contributed by atoms with E-state index in [1.165, 1.54) is 30.5 Å². The van der Waals surface area contributed by atoms with Crippen molar-refractivity contribution < 1.29 is 13.6 Å². The molecular formula is C21H22F2N4O. The third-order valence-corrected chi connectivity index (χ3v) is 4.99. The Labute approximate surface area is 162 Å². The number of piperazine rings is 1. The molecule has 2 unspecified atom stereocenters. The van der Waals surface area contributed by atoms with Crippen molar-refractivity contribution in [2.24, 2.45) is 0 Å². The van der Waals surface area contributed by atoms with E-state index in [-0.39, 0.29) is 23.8 Å². The smallest absolute Gasteiger partial charge is 0.257 e. The summed E-state index contributed by atoms with van der Waals surface area (Å²) in [5.74, 6) is -1.07. The fourth-order valence-electron chi connectivity index (χ4n) is 3.84. The van der Waals surface area contributed by atoms with Gasteiger partial charge in [0.2, 0.25) is 0 Å². The molecule has 4 rings (SSSR count). The van der Waals surface area contributed by atoms with E-state index < -0.39 is 5.82 Å². The summed E-state index contributed by atoms with van der Waals surface area (Å²) < 4.78 is 28.2. The maximum atomic E-state index is 14.7. The number of rotatable bonds is 3. The number of carbonyl (C=O) groups excluding carboxylic acids is 1. The van der Waals surface area contributed by atoms with Crippen molar-refractivity contribution in [3.05, 3.63) is 59.8 Å². The molecule has 0 aromatic heterocycles. The monoisotopic (exact) mass is 384 g/mol. The second-order valence-corrected chi connectivity index (χ2v) is 7.39. The van der Waals surface area contributed by atoms with Crippen molar-refractivity contribution in [3.63, 3.8) is 0 Å². The molecular weight excluding hydrogens is 362 g/mol. The molecule has 1 fully saturated rings. The Balaban J connectivity index is 1.54. The van der Waals surface area contributed by atoms with Gasteiger partial charge in [-0.3, -0.25) is 4.79 Å². The van der Waals surface area contributed by atoms with E-state index in [2.05, 4.69) is 29.8 Å². The summed E-state index contributed by atoms with van der Waals surface area (Å²) in [6.07, 6.45) is 1.48. The van der Waals surface area contributed by atoms with Gasteiger partial charge in [0.25, 0.3) is 5.91 Å². The molecule has 0 spiro atoms. The molecule has 2 atom stereocenters. The quantitative estimate of drug-likeness (QED) is 0.709. The molecule has 2 aliphatic heterocycles. The van der Waals surface area contributed by atoms with Gasteiger partial charge < -0.3 is 20.9 Å². The third-order valence-electron chi connectivity index (χ3n) is 4.99. The van der Waals surface area contributed by atoms with Crippen molar-refractivity contribution in [2.45, 2.75) is 25.9 Å². The minimum atomic E-state index is -0.420. The molecule has 1 amide bonds. The highest BCUT2D eigenvalue weighted by atomic mass is 19.1. The van der Waals surface area contributed by atoms with Crippen molar-refractivity contribution >= 4 is 28.5 Å². The summed E-state index contributed by atoms with van der Waals surface area (Å²) in [5, 5.41) is 9.06. The molecule has 0 saturated carbocycles.